The van der Waals surface area contributed by atoms with E-state index in [4.69, 9.17) is 11.6 Å². The zero-order valence-corrected chi connectivity index (χ0v) is 14.7. The van der Waals surface area contributed by atoms with Crippen LogP contribution in [0, 0.1) is 5.82 Å². The van der Waals surface area contributed by atoms with Crippen molar-refractivity contribution in [3.05, 3.63) is 51.4 Å². The van der Waals surface area contributed by atoms with Gasteiger partial charge in [0.25, 0.3) is 11.8 Å². The van der Waals surface area contributed by atoms with Gasteiger partial charge >= 0.3 is 0 Å². The van der Waals surface area contributed by atoms with Crippen molar-refractivity contribution < 1.29 is 19.1 Å². The molecule has 1 unspecified atom stereocenters. The SMILES string of the molecule is O=C(NCCc1cccs1)C1(O)CCN(c2ccc(F)c(Cl)c2)C1=O. The molecule has 0 radical (unpaired) electrons. The van der Waals surface area contributed by atoms with Crippen LogP contribution in [0.15, 0.2) is 35.7 Å². The third-order valence-electron chi connectivity index (χ3n) is 4.12. The standard InChI is InChI=1S/C17H16ClFN2O3S/c18-13-10-11(3-4-14(13)19)21-8-6-17(24,16(21)23)15(22)20-7-5-12-2-1-9-25-12/h1-4,9-10,24H,5-8H2,(H,20,22). The molecule has 1 aliphatic rings. The van der Waals surface area contributed by atoms with Crippen LogP contribution in [0.2, 0.25) is 5.02 Å². The smallest absolute Gasteiger partial charge is 0.268 e. The molecule has 3 rings (SSSR count). The molecule has 2 N–H and O–H groups in total. The van der Waals surface area contributed by atoms with Crippen molar-refractivity contribution in [2.45, 2.75) is 18.4 Å². The van der Waals surface area contributed by atoms with Crippen molar-refractivity contribution in [2.24, 2.45) is 0 Å². The molecule has 8 heteroatoms. The van der Waals surface area contributed by atoms with Gasteiger partial charge in [0.05, 0.1) is 5.02 Å². The average molecular weight is 383 g/mol. The van der Waals surface area contributed by atoms with Gasteiger partial charge < -0.3 is 15.3 Å². The second-order valence-corrected chi connectivity index (χ2v) is 7.19. The molecule has 25 heavy (non-hydrogen) atoms. The summed E-state index contributed by atoms with van der Waals surface area (Å²) in [6.07, 6.45) is 0.594. The predicted molar refractivity (Wildman–Crippen MR) is 94.4 cm³/mol. The van der Waals surface area contributed by atoms with E-state index in [0.29, 0.717) is 18.7 Å². The molecule has 1 aliphatic heterocycles. The summed E-state index contributed by atoms with van der Waals surface area (Å²) in [5.74, 6) is -2.05. The number of carbonyl (C=O) groups excluding carboxylic acids is 2. The van der Waals surface area contributed by atoms with Crippen LogP contribution >= 0.6 is 22.9 Å². The van der Waals surface area contributed by atoms with Crippen molar-refractivity contribution in [2.75, 3.05) is 18.0 Å². The van der Waals surface area contributed by atoms with Gasteiger partial charge in [-0.05, 0) is 36.1 Å². The first-order valence-electron chi connectivity index (χ1n) is 7.72. The molecule has 132 valence electrons. The van der Waals surface area contributed by atoms with Gasteiger partial charge in [-0.25, -0.2) is 4.39 Å². The maximum atomic E-state index is 13.3. The number of carbonyl (C=O) groups is 2. The molecule has 5 nitrogen and oxygen atoms in total. The zero-order chi connectivity index (χ0) is 18.0. The number of benzene rings is 1. The lowest BCUT2D eigenvalue weighted by Crippen LogP contribution is -2.52. The van der Waals surface area contributed by atoms with Gasteiger partial charge in [-0.2, -0.15) is 0 Å². The van der Waals surface area contributed by atoms with Gasteiger partial charge in [-0.3, -0.25) is 9.59 Å². The summed E-state index contributed by atoms with van der Waals surface area (Å²) in [7, 11) is 0. The molecule has 0 saturated carbocycles. The van der Waals surface area contributed by atoms with E-state index < -0.39 is 23.2 Å². The summed E-state index contributed by atoms with van der Waals surface area (Å²) >= 11 is 7.31. The zero-order valence-electron chi connectivity index (χ0n) is 13.2. The molecule has 0 aliphatic carbocycles. The number of aliphatic hydroxyl groups is 1. The molecule has 2 heterocycles. The van der Waals surface area contributed by atoms with E-state index in [0.717, 1.165) is 10.9 Å². The lowest BCUT2D eigenvalue weighted by molar-refractivity contribution is -0.149. The molecule has 1 saturated heterocycles. The summed E-state index contributed by atoms with van der Waals surface area (Å²) in [5, 5.41) is 15.0. The molecule has 0 bridgehead atoms. The Labute approximate surface area is 153 Å². The van der Waals surface area contributed by atoms with Crippen LogP contribution in [0.25, 0.3) is 0 Å². The number of hydrogen-bond acceptors (Lipinski definition) is 4. The lowest BCUT2D eigenvalue weighted by atomic mass is 10.0. The van der Waals surface area contributed by atoms with E-state index in [1.54, 1.807) is 11.3 Å². The summed E-state index contributed by atoms with van der Waals surface area (Å²) in [6, 6.07) is 7.70. The van der Waals surface area contributed by atoms with Gasteiger partial charge in [0.1, 0.15) is 5.82 Å². The third-order valence-corrected chi connectivity index (χ3v) is 5.35. The topological polar surface area (TPSA) is 69.6 Å². The molecule has 1 fully saturated rings. The van der Waals surface area contributed by atoms with Crippen molar-refractivity contribution in [1.29, 1.82) is 0 Å². The van der Waals surface area contributed by atoms with Crippen molar-refractivity contribution in [3.8, 4) is 0 Å². The quantitative estimate of drug-likeness (QED) is 0.780. The minimum atomic E-state index is -2.11. The number of nitrogens with zero attached hydrogens (tertiary/aromatic N) is 1. The fraction of sp³-hybridized carbons (Fsp3) is 0.294. The van der Waals surface area contributed by atoms with Crippen LogP contribution in [0.5, 0.6) is 0 Å². The Hall–Kier alpha value is -1.96. The van der Waals surface area contributed by atoms with Crippen molar-refractivity contribution in [3.63, 3.8) is 0 Å². The van der Waals surface area contributed by atoms with E-state index in [1.165, 1.54) is 17.0 Å². The molecule has 1 aromatic heterocycles. The Kier molecular flexibility index (Phi) is 5.08. The fourth-order valence-corrected chi connectivity index (χ4v) is 3.60. The number of thiophene rings is 1. The van der Waals surface area contributed by atoms with Crippen molar-refractivity contribution >= 4 is 40.4 Å². The maximum Gasteiger partial charge on any atom is 0.268 e. The Bertz CT molecular complexity index is 799. The Morgan fingerprint density at radius 1 is 1.44 bits per heavy atom. The van der Waals surface area contributed by atoms with E-state index >= 15 is 0 Å². The van der Waals surface area contributed by atoms with Crippen LogP contribution in [0.3, 0.4) is 0 Å². The summed E-state index contributed by atoms with van der Waals surface area (Å²) < 4.78 is 13.3. The first-order chi connectivity index (χ1) is 11.9. The molecule has 0 spiro atoms. The maximum absolute atomic E-state index is 13.3. The minimum absolute atomic E-state index is 0.0360. The number of nitrogens with one attached hydrogen (secondary N) is 1. The molecular weight excluding hydrogens is 367 g/mol. The van der Waals surface area contributed by atoms with Gasteiger partial charge in [-0.1, -0.05) is 17.7 Å². The van der Waals surface area contributed by atoms with E-state index in [-0.39, 0.29) is 18.0 Å². The van der Waals surface area contributed by atoms with E-state index in [1.807, 2.05) is 17.5 Å². The van der Waals surface area contributed by atoms with Crippen LogP contribution in [0.4, 0.5) is 10.1 Å². The van der Waals surface area contributed by atoms with Gasteiger partial charge in [0.2, 0.25) is 5.60 Å². The second kappa shape index (κ2) is 7.11. The third kappa shape index (κ3) is 3.53. The van der Waals surface area contributed by atoms with E-state index in [2.05, 4.69) is 5.32 Å². The first-order valence-corrected chi connectivity index (χ1v) is 8.97. The lowest BCUT2D eigenvalue weighted by Gasteiger charge is -2.22. The highest BCUT2D eigenvalue weighted by Crippen LogP contribution is 2.31. The highest BCUT2D eigenvalue weighted by molar-refractivity contribution is 7.09. The van der Waals surface area contributed by atoms with Gasteiger partial charge in [-0.15, -0.1) is 11.3 Å². The van der Waals surface area contributed by atoms with Crippen molar-refractivity contribution in [1.82, 2.24) is 5.32 Å². The fourth-order valence-electron chi connectivity index (χ4n) is 2.72. The number of anilines is 1. The number of halogens is 2. The second-order valence-electron chi connectivity index (χ2n) is 5.75. The van der Waals surface area contributed by atoms with Gasteiger partial charge in [0, 0.05) is 30.1 Å². The Balaban J connectivity index is 1.66. The van der Waals surface area contributed by atoms with Gasteiger partial charge in [0.15, 0.2) is 0 Å². The molecule has 2 amide bonds. The summed E-state index contributed by atoms with van der Waals surface area (Å²) in [5.41, 5.74) is -1.77. The monoisotopic (exact) mass is 382 g/mol. The number of rotatable bonds is 5. The Morgan fingerprint density at radius 2 is 2.24 bits per heavy atom. The van der Waals surface area contributed by atoms with Crippen LogP contribution in [-0.2, 0) is 16.0 Å². The van der Waals surface area contributed by atoms with Crippen LogP contribution < -0.4 is 10.2 Å². The summed E-state index contributed by atoms with van der Waals surface area (Å²) in [4.78, 5) is 27.2. The number of amides is 2. The normalized spacial score (nSPS) is 20.1. The largest absolute Gasteiger partial charge is 0.372 e. The highest BCUT2D eigenvalue weighted by atomic mass is 35.5. The molecule has 1 aromatic carbocycles. The average Bonchev–Trinajstić information content (AvgIpc) is 3.20. The number of hydrogen-bond donors (Lipinski definition) is 2. The molecule has 1 atom stereocenters. The summed E-state index contributed by atoms with van der Waals surface area (Å²) in [6.45, 7) is 0.479. The predicted octanol–water partition coefficient (Wildman–Crippen LogP) is 2.37. The van der Waals surface area contributed by atoms with E-state index in [9.17, 15) is 19.1 Å². The highest BCUT2D eigenvalue weighted by Gasteiger charge is 2.51. The van der Waals surface area contributed by atoms with Crippen LogP contribution in [0.1, 0.15) is 11.3 Å². The molecule has 2 aromatic rings. The minimum Gasteiger partial charge on any atom is -0.372 e. The Morgan fingerprint density at radius 3 is 2.92 bits per heavy atom. The molecular formula is C17H16ClFN2O3S. The first kappa shape index (κ1) is 17.8. The van der Waals surface area contributed by atoms with Crippen LogP contribution in [-0.4, -0.2) is 35.6 Å².